The molecule has 0 aromatic heterocycles. The molecule has 2 radical (unpaired) electrons. The number of aliphatic hydroxyl groups is 2. The summed E-state index contributed by atoms with van der Waals surface area (Å²) < 4.78 is 8.25. The number of hydrogen-bond donors (Lipinski definition) is 2. The van der Waals surface area contributed by atoms with E-state index in [4.69, 9.17) is 24.2 Å². The zero-order valence-electron chi connectivity index (χ0n) is 12.5. The molecule has 0 aliphatic carbocycles. The van der Waals surface area contributed by atoms with Crippen molar-refractivity contribution in [2.75, 3.05) is 0 Å². The molecule has 7 nitrogen and oxygen atoms in total. The van der Waals surface area contributed by atoms with Crippen molar-refractivity contribution in [3.63, 3.8) is 0 Å². The van der Waals surface area contributed by atoms with Gasteiger partial charge in [0.1, 0.15) is 0 Å². The SMILES string of the molecule is O=C([OH2+])C(O)c1ccccc1.O=C([OH2+])C(O)c1ccccc1.[O]=[Ge]. The third-order valence-electron chi connectivity index (χ3n) is 2.73. The van der Waals surface area contributed by atoms with E-state index in [2.05, 4.69) is 0 Å². The van der Waals surface area contributed by atoms with Crippen LogP contribution in [0.1, 0.15) is 23.3 Å². The third-order valence-corrected chi connectivity index (χ3v) is 2.73. The molecule has 6 N–H and O–H groups in total. The number of carbonyl (C=O) groups excluding carboxylic acids is 2. The maximum absolute atomic E-state index is 10.4. The minimum atomic E-state index is -1.30. The van der Waals surface area contributed by atoms with E-state index in [1.807, 2.05) is 0 Å². The normalized spacial score (nSPS) is 11.6. The fourth-order valence-corrected chi connectivity index (χ4v) is 1.57. The van der Waals surface area contributed by atoms with Gasteiger partial charge in [0.2, 0.25) is 12.2 Å². The summed E-state index contributed by atoms with van der Waals surface area (Å²) >= 11 is 0.750. The summed E-state index contributed by atoms with van der Waals surface area (Å²) in [7, 11) is 0. The second kappa shape index (κ2) is 12.1. The van der Waals surface area contributed by atoms with Gasteiger partial charge in [0.05, 0.1) is 0 Å². The van der Waals surface area contributed by atoms with Crippen LogP contribution in [0.15, 0.2) is 60.7 Å². The molecule has 8 heteroatoms. The van der Waals surface area contributed by atoms with Gasteiger partial charge in [-0.25, -0.2) is 0 Å². The molecule has 0 aliphatic heterocycles. The molecule has 0 fully saturated rings. The Morgan fingerprint density at radius 3 is 1.17 bits per heavy atom. The fourth-order valence-electron chi connectivity index (χ4n) is 1.57. The number of hydrogen-bond acceptors (Lipinski definition) is 5. The Balaban J connectivity index is 0.000000400. The molecule has 0 heterocycles. The van der Waals surface area contributed by atoms with Crippen LogP contribution < -0.4 is 0 Å². The molecule has 0 aliphatic rings. The summed E-state index contributed by atoms with van der Waals surface area (Å²) in [6, 6.07) is 16.8. The quantitative estimate of drug-likeness (QED) is 0.529. The van der Waals surface area contributed by atoms with E-state index >= 15 is 0 Å². The van der Waals surface area contributed by atoms with Crippen molar-refractivity contribution >= 4 is 28.4 Å². The van der Waals surface area contributed by atoms with Crippen molar-refractivity contribution in [2.24, 2.45) is 0 Å². The van der Waals surface area contributed by atoms with E-state index in [0.29, 0.717) is 11.1 Å². The van der Waals surface area contributed by atoms with Crippen molar-refractivity contribution in [1.82, 2.24) is 0 Å². The Hall–Kier alpha value is -2.36. The van der Waals surface area contributed by atoms with Crippen LogP contribution in [-0.2, 0) is 13.4 Å². The fraction of sp³-hybridized carbons (Fsp3) is 0.125. The Morgan fingerprint density at radius 1 is 0.708 bits per heavy atom. The van der Waals surface area contributed by atoms with Crippen LogP contribution in [0.3, 0.4) is 0 Å². The van der Waals surface area contributed by atoms with E-state index in [1.54, 1.807) is 60.7 Å². The summed E-state index contributed by atoms with van der Waals surface area (Å²) in [6.07, 6.45) is -2.59. The molecular formula is C16H18GeO7+2. The minimum absolute atomic E-state index is 0.465. The first-order chi connectivity index (χ1) is 11.4. The van der Waals surface area contributed by atoms with Crippen LogP contribution in [0.2, 0.25) is 0 Å². The Morgan fingerprint density at radius 2 is 0.958 bits per heavy atom. The zero-order chi connectivity index (χ0) is 18.5. The molecule has 0 saturated carbocycles. The van der Waals surface area contributed by atoms with E-state index in [0.717, 1.165) is 16.5 Å². The van der Waals surface area contributed by atoms with Crippen LogP contribution in [0.25, 0.3) is 0 Å². The van der Waals surface area contributed by atoms with E-state index < -0.39 is 24.1 Å². The molecule has 126 valence electrons. The molecular weight excluding hydrogens is 377 g/mol. The zero-order valence-corrected chi connectivity index (χ0v) is 14.6. The van der Waals surface area contributed by atoms with Crippen LogP contribution in [0, 0.1) is 0 Å². The van der Waals surface area contributed by atoms with Crippen molar-refractivity contribution in [2.45, 2.75) is 12.2 Å². The summed E-state index contributed by atoms with van der Waals surface area (Å²) in [5.41, 5.74) is 0.931. The third kappa shape index (κ3) is 7.77. The van der Waals surface area contributed by atoms with Crippen LogP contribution >= 0.6 is 0 Å². The molecule has 2 atom stereocenters. The van der Waals surface area contributed by atoms with Crippen LogP contribution in [0.5, 0.6) is 0 Å². The molecule has 24 heavy (non-hydrogen) atoms. The van der Waals surface area contributed by atoms with Crippen molar-refractivity contribution in [3.05, 3.63) is 71.8 Å². The van der Waals surface area contributed by atoms with Crippen LogP contribution in [0.4, 0.5) is 0 Å². The van der Waals surface area contributed by atoms with Gasteiger partial charge in [-0.1, -0.05) is 60.7 Å². The maximum atomic E-state index is 10.4. The van der Waals surface area contributed by atoms with E-state index in [-0.39, 0.29) is 0 Å². The molecule has 2 aromatic rings. The van der Waals surface area contributed by atoms with E-state index in [9.17, 15) is 9.59 Å². The van der Waals surface area contributed by atoms with Gasteiger partial charge in [0.25, 0.3) is 0 Å². The predicted octanol–water partition coefficient (Wildman–Crippen LogP) is -0.557. The topological polar surface area (TPSA) is 137 Å². The van der Waals surface area contributed by atoms with Gasteiger partial charge in [-0.05, 0) is 11.1 Å². The van der Waals surface area contributed by atoms with Crippen molar-refractivity contribution in [3.8, 4) is 0 Å². The molecule has 0 saturated heterocycles. The molecule has 2 aromatic carbocycles. The summed E-state index contributed by atoms with van der Waals surface area (Å²) in [4.78, 5) is 20.7. The molecule has 0 spiro atoms. The number of carbonyl (C=O) groups is 2. The number of aliphatic hydroxyl groups excluding tert-OH is 2. The molecule has 0 bridgehead atoms. The van der Waals surface area contributed by atoms with Gasteiger partial charge in [-0.2, -0.15) is 0 Å². The number of benzene rings is 2. The Bertz CT molecular complexity index is 563. The van der Waals surface area contributed by atoms with Gasteiger partial charge in [-0.15, -0.1) is 0 Å². The summed E-state index contributed by atoms with van der Waals surface area (Å²) in [5.74, 6) is -1.95. The second-order valence-corrected chi connectivity index (χ2v) is 4.35. The predicted molar refractivity (Wildman–Crippen MR) is 86.5 cm³/mol. The van der Waals surface area contributed by atoms with Gasteiger partial charge in [0.15, 0.2) is 0 Å². The monoisotopic (exact) mass is 396 g/mol. The second-order valence-electron chi connectivity index (χ2n) is 4.35. The summed E-state index contributed by atoms with van der Waals surface area (Å²) in [5, 5.41) is 31.4. The summed E-state index contributed by atoms with van der Waals surface area (Å²) in [6.45, 7) is 0. The first kappa shape index (κ1) is 21.6. The average Bonchev–Trinajstić information content (AvgIpc) is 2.64. The Labute approximate surface area is 146 Å². The van der Waals surface area contributed by atoms with Crippen LogP contribution in [-0.4, -0.2) is 48.8 Å². The van der Waals surface area contributed by atoms with Gasteiger partial charge in [0, 0.05) is 9.59 Å². The average molecular weight is 395 g/mol. The molecule has 2 unspecified atom stereocenters. The van der Waals surface area contributed by atoms with Gasteiger partial charge >= 0.3 is 32.2 Å². The van der Waals surface area contributed by atoms with E-state index in [1.165, 1.54) is 0 Å². The Kier molecular flexibility index (Phi) is 10.9. The molecule has 0 amide bonds. The van der Waals surface area contributed by atoms with Gasteiger partial charge in [-0.3, -0.25) is 0 Å². The standard InChI is InChI=1S/2C8H8O3.GeO/c2*9-7(8(10)11)6-4-2-1-3-5-6;1-2/h2*1-5,7,9H,(H,10,11);/p+2. The first-order valence-corrected chi connectivity index (χ1v) is 7.46. The van der Waals surface area contributed by atoms with Crippen molar-refractivity contribution < 1.29 is 33.8 Å². The molecule has 2 rings (SSSR count). The number of rotatable bonds is 4. The van der Waals surface area contributed by atoms with Gasteiger partial charge < -0.3 is 20.4 Å². The first-order valence-electron chi connectivity index (χ1n) is 6.60. The van der Waals surface area contributed by atoms with Crippen molar-refractivity contribution in [1.29, 1.82) is 0 Å².